The molecule has 1 aromatic rings. The van der Waals surface area contributed by atoms with Gasteiger partial charge in [0, 0.05) is 9.13 Å². The monoisotopic (exact) mass is 305 g/mol. The van der Waals surface area contributed by atoms with Crippen LogP contribution in [0.2, 0.25) is 5.02 Å². The summed E-state index contributed by atoms with van der Waals surface area (Å²) in [6.07, 6.45) is 0. The van der Waals surface area contributed by atoms with E-state index in [1.807, 2.05) is 28.7 Å². The summed E-state index contributed by atoms with van der Waals surface area (Å²) in [6.45, 7) is 1.46. The van der Waals surface area contributed by atoms with E-state index >= 15 is 0 Å². The molecular weight excluding hydrogens is 300 g/mol. The zero-order valence-electron chi connectivity index (χ0n) is 6.77. The maximum atomic E-state index is 11.1. The van der Waals surface area contributed by atoms with Crippen LogP contribution in [-0.4, -0.2) is 5.78 Å². The molecule has 0 bridgehead atoms. The Morgan fingerprint density at radius 3 is 2.69 bits per heavy atom. The minimum absolute atomic E-state index is 0.0578. The molecule has 0 aliphatic carbocycles. The highest BCUT2D eigenvalue weighted by Gasteiger charge is 2.09. The van der Waals surface area contributed by atoms with Gasteiger partial charge >= 0.3 is 0 Å². The highest BCUT2D eigenvalue weighted by molar-refractivity contribution is 14.1. The first-order valence-electron chi connectivity index (χ1n) is 3.46. The highest BCUT2D eigenvalue weighted by atomic mass is 127. The SMILES string of the molecule is CC(=O)c1cc(C#N)c(Cl)cc1I. The van der Waals surface area contributed by atoms with Gasteiger partial charge in [0.2, 0.25) is 0 Å². The number of benzene rings is 1. The number of carbonyl (C=O) groups is 1. The Balaban J connectivity index is 3.41. The van der Waals surface area contributed by atoms with Crippen LogP contribution in [0.1, 0.15) is 22.8 Å². The molecule has 0 saturated heterocycles. The van der Waals surface area contributed by atoms with Gasteiger partial charge in [-0.05, 0) is 41.6 Å². The van der Waals surface area contributed by atoms with E-state index in [1.165, 1.54) is 13.0 Å². The molecule has 1 rings (SSSR count). The summed E-state index contributed by atoms with van der Waals surface area (Å²) in [6, 6.07) is 5.07. The van der Waals surface area contributed by atoms with Crippen molar-refractivity contribution >= 4 is 40.0 Å². The Labute approximate surface area is 94.6 Å². The lowest BCUT2D eigenvalue weighted by atomic mass is 10.1. The number of nitrogens with zero attached hydrogens (tertiary/aromatic N) is 1. The van der Waals surface area contributed by atoms with Crippen LogP contribution in [-0.2, 0) is 0 Å². The van der Waals surface area contributed by atoms with Gasteiger partial charge in [-0.3, -0.25) is 4.79 Å². The van der Waals surface area contributed by atoms with Gasteiger partial charge in [-0.15, -0.1) is 0 Å². The summed E-state index contributed by atoms with van der Waals surface area (Å²) in [5, 5.41) is 9.05. The van der Waals surface area contributed by atoms with Crippen molar-refractivity contribution in [2.75, 3.05) is 0 Å². The normalized spacial score (nSPS) is 9.38. The van der Waals surface area contributed by atoms with Crippen molar-refractivity contribution in [1.82, 2.24) is 0 Å². The van der Waals surface area contributed by atoms with Crippen molar-refractivity contribution < 1.29 is 4.79 Å². The van der Waals surface area contributed by atoms with Crippen LogP contribution >= 0.6 is 34.2 Å². The largest absolute Gasteiger partial charge is 0.294 e. The number of hydrogen-bond donors (Lipinski definition) is 0. The maximum absolute atomic E-state index is 11.1. The van der Waals surface area contributed by atoms with E-state index in [2.05, 4.69) is 0 Å². The first-order valence-corrected chi connectivity index (χ1v) is 4.92. The van der Waals surface area contributed by atoms with E-state index in [0.717, 1.165) is 3.57 Å². The first-order chi connectivity index (χ1) is 6.06. The molecule has 66 valence electrons. The lowest BCUT2D eigenvalue weighted by molar-refractivity contribution is 0.101. The lowest BCUT2D eigenvalue weighted by Crippen LogP contribution is -1.97. The predicted molar refractivity (Wildman–Crippen MR) is 58.9 cm³/mol. The first kappa shape index (κ1) is 10.5. The third-order valence-corrected chi connectivity index (χ3v) is 2.76. The Morgan fingerprint density at radius 1 is 1.62 bits per heavy atom. The molecule has 13 heavy (non-hydrogen) atoms. The fourth-order valence-corrected chi connectivity index (χ4v) is 2.14. The zero-order chi connectivity index (χ0) is 10.0. The van der Waals surface area contributed by atoms with Crippen LogP contribution in [0.5, 0.6) is 0 Å². The minimum Gasteiger partial charge on any atom is -0.294 e. The van der Waals surface area contributed by atoms with Crippen molar-refractivity contribution in [3.8, 4) is 6.07 Å². The van der Waals surface area contributed by atoms with Crippen LogP contribution in [0.15, 0.2) is 12.1 Å². The molecule has 0 unspecified atom stereocenters. The Hall–Kier alpha value is -0.600. The van der Waals surface area contributed by atoms with E-state index < -0.39 is 0 Å². The van der Waals surface area contributed by atoms with Gasteiger partial charge in [0.15, 0.2) is 5.78 Å². The van der Waals surface area contributed by atoms with Gasteiger partial charge in [0.25, 0.3) is 0 Å². The predicted octanol–water partition coefficient (Wildman–Crippen LogP) is 3.02. The Kier molecular flexibility index (Phi) is 3.28. The molecular formula is C9H5ClINO. The molecule has 0 atom stereocenters. The smallest absolute Gasteiger partial charge is 0.160 e. The topological polar surface area (TPSA) is 40.9 Å². The molecule has 4 heteroatoms. The molecule has 0 aliphatic heterocycles. The minimum atomic E-state index is -0.0578. The van der Waals surface area contributed by atoms with Crippen LogP contribution in [0.25, 0.3) is 0 Å². The standard InChI is InChI=1S/C9H5ClINO/c1-5(13)7-2-6(4-12)8(10)3-9(7)11/h2-3H,1H3. The van der Waals surface area contributed by atoms with Crippen LogP contribution < -0.4 is 0 Å². The lowest BCUT2D eigenvalue weighted by Gasteiger charge is -2.01. The van der Waals surface area contributed by atoms with Crippen molar-refractivity contribution in [2.24, 2.45) is 0 Å². The molecule has 0 aliphatic rings. The summed E-state index contributed by atoms with van der Waals surface area (Å²) in [4.78, 5) is 11.1. The van der Waals surface area contributed by atoms with Gasteiger partial charge in [-0.25, -0.2) is 0 Å². The number of rotatable bonds is 1. The fourth-order valence-electron chi connectivity index (χ4n) is 0.904. The maximum Gasteiger partial charge on any atom is 0.160 e. The molecule has 0 N–H and O–H groups in total. The average molecular weight is 306 g/mol. The van der Waals surface area contributed by atoms with E-state index in [0.29, 0.717) is 16.1 Å². The zero-order valence-corrected chi connectivity index (χ0v) is 9.68. The van der Waals surface area contributed by atoms with Gasteiger partial charge in [0.1, 0.15) is 6.07 Å². The number of ketones is 1. The molecule has 0 saturated carbocycles. The van der Waals surface area contributed by atoms with Gasteiger partial charge in [-0.2, -0.15) is 5.26 Å². The summed E-state index contributed by atoms with van der Waals surface area (Å²) < 4.78 is 0.772. The molecule has 0 aromatic heterocycles. The number of halogens is 2. The van der Waals surface area contributed by atoms with Gasteiger partial charge in [0.05, 0.1) is 10.6 Å². The molecule has 0 radical (unpaired) electrons. The van der Waals surface area contributed by atoms with Crippen molar-refractivity contribution in [2.45, 2.75) is 6.92 Å². The highest BCUT2D eigenvalue weighted by Crippen LogP contribution is 2.22. The Bertz CT molecular complexity index is 409. The fraction of sp³-hybridized carbons (Fsp3) is 0.111. The van der Waals surface area contributed by atoms with Crippen molar-refractivity contribution in [3.63, 3.8) is 0 Å². The second-order valence-electron chi connectivity index (χ2n) is 2.48. The molecule has 0 amide bonds. The number of Topliss-reactive ketones (excluding diaryl/α,β-unsaturated/α-hetero) is 1. The van der Waals surface area contributed by atoms with Gasteiger partial charge < -0.3 is 0 Å². The van der Waals surface area contributed by atoms with E-state index in [-0.39, 0.29) is 5.78 Å². The van der Waals surface area contributed by atoms with E-state index in [1.54, 1.807) is 6.07 Å². The van der Waals surface area contributed by atoms with E-state index in [4.69, 9.17) is 16.9 Å². The van der Waals surface area contributed by atoms with Crippen molar-refractivity contribution in [3.05, 3.63) is 31.9 Å². The second kappa shape index (κ2) is 4.07. The number of nitriles is 1. The third-order valence-electron chi connectivity index (χ3n) is 1.56. The van der Waals surface area contributed by atoms with Crippen molar-refractivity contribution in [1.29, 1.82) is 5.26 Å². The van der Waals surface area contributed by atoms with Crippen LogP contribution in [0.4, 0.5) is 0 Å². The van der Waals surface area contributed by atoms with Crippen LogP contribution in [0.3, 0.4) is 0 Å². The summed E-state index contributed by atoms with van der Waals surface area (Å²) >= 11 is 7.79. The molecule has 1 aromatic carbocycles. The summed E-state index contributed by atoms with van der Waals surface area (Å²) in [5.74, 6) is -0.0578. The van der Waals surface area contributed by atoms with E-state index in [9.17, 15) is 4.79 Å². The number of hydrogen-bond acceptors (Lipinski definition) is 2. The molecule has 0 spiro atoms. The number of carbonyl (C=O) groups excluding carboxylic acids is 1. The molecule has 2 nitrogen and oxygen atoms in total. The van der Waals surface area contributed by atoms with Crippen LogP contribution in [0, 0.1) is 14.9 Å². The molecule has 0 heterocycles. The third kappa shape index (κ3) is 2.20. The second-order valence-corrected chi connectivity index (χ2v) is 4.05. The quantitative estimate of drug-likeness (QED) is 0.591. The summed E-state index contributed by atoms with van der Waals surface area (Å²) in [7, 11) is 0. The average Bonchev–Trinajstić information content (AvgIpc) is 2.03. The summed E-state index contributed by atoms with van der Waals surface area (Å²) in [5.41, 5.74) is 0.883. The Morgan fingerprint density at radius 2 is 2.23 bits per heavy atom. The van der Waals surface area contributed by atoms with Gasteiger partial charge in [-0.1, -0.05) is 11.6 Å². The molecule has 0 fully saturated rings.